The molecule has 0 fully saturated rings. The summed E-state index contributed by atoms with van der Waals surface area (Å²) in [4.78, 5) is 11.9. The molecular weight excluding hydrogens is 297 g/mol. The third kappa shape index (κ3) is 4.22. The van der Waals surface area contributed by atoms with Crippen molar-refractivity contribution in [1.82, 2.24) is 5.32 Å². The average Bonchev–Trinajstić information content (AvgIpc) is 2.58. The molecule has 2 aromatic carbocycles. The average molecular weight is 315 g/mol. The first-order valence-corrected chi connectivity index (χ1v) is 7.60. The van der Waals surface area contributed by atoms with Crippen molar-refractivity contribution in [3.05, 3.63) is 59.4 Å². The molecule has 0 aromatic heterocycles. The molecule has 1 heterocycles. The largest absolute Gasteiger partial charge is 0.486 e. The summed E-state index contributed by atoms with van der Waals surface area (Å²) in [5.74, 6) is 1.10. The second kappa shape index (κ2) is 7.13. The molecule has 0 unspecified atom stereocenters. The monoisotopic (exact) mass is 315 g/mol. The second-order valence-electron chi connectivity index (χ2n) is 5.38. The van der Waals surface area contributed by atoms with Gasteiger partial charge in [-0.25, -0.2) is 4.39 Å². The Labute approximate surface area is 134 Å². The number of ether oxygens (including phenoxy) is 2. The predicted molar refractivity (Wildman–Crippen MR) is 84.0 cm³/mol. The fourth-order valence-corrected chi connectivity index (χ4v) is 2.44. The van der Waals surface area contributed by atoms with Gasteiger partial charge in [0.25, 0.3) is 0 Å². The van der Waals surface area contributed by atoms with Gasteiger partial charge in [0, 0.05) is 13.0 Å². The van der Waals surface area contributed by atoms with Crippen molar-refractivity contribution in [2.24, 2.45) is 0 Å². The van der Waals surface area contributed by atoms with Crippen LogP contribution in [0, 0.1) is 5.82 Å². The molecule has 5 heteroatoms. The van der Waals surface area contributed by atoms with Crippen LogP contribution in [0.3, 0.4) is 0 Å². The zero-order valence-corrected chi connectivity index (χ0v) is 12.7. The maximum Gasteiger partial charge on any atom is 0.220 e. The van der Waals surface area contributed by atoms with Gasteiger partial charge in [0.15, 0.2) is 11.5 Å². The lowest BCUT2D eigenvalue weighted by Crippen LogP contribution is -2.23. The molecule has 120 valence electrons. The van der Waals surface area contributed by atoms with E-state index in [-0.39, 0.29) is 11.7 Å². The smallest absolute Gasteiger partial charge is 0.220 e. The summed E-state index contributed by atoms with van der Waals surface area (Å²) in [6, 6.07) is 11.9. The normalized spacial score (nSPS) is 12.7. The maximum atomic E-state index is 13.1. The van der Waals surface area contributed by atoms with Gasteiger partial charge in [0.2, 0.25) is 5.91 Å². The van der Waals surface area contributed by atoms with Gasteiger partial charge >= 0.3 is 0 Å². The molecule has 1 N–H and O–H groups in total. The second-order valence-corrected chi connectivity index (χ2v) is 5.38. The number of halogens is 1. The zero-order valence-electron chi connectivity index (χ0n) is 12.7. The van der Waals surface area contributed by atoms with Crippen LogP contribution in [0.1, 0.15) is 17.5 Å². The molecule has 2 aromatic rings. The summed E-state index contributed by atoms with van der Waals surface area (Å²) in [5.41, 5.74) is 1.77. The van der Waals surface area contributed by atoms with Crippen LogP contribution in [0.2, 0.25) is 0 Å². The molecular formula is C18H18FNO3. The Bertz CT molecular complexity index is 702. The van der Waals surface area contributed by atoms with E-state index in [9.17, 15) is 9.18 Å². The molecule has 0 saturated heterocycles. The fourth-order valence-electron chi connectivity index (χ4n) is 2.44. The topological polar surface area (TPSA) is 47.6 Å². The predicted octanol–water partition coefficient (Wildman–Crippen LogP) is 2.85. The number of benzene rings is 2. The van der Waals surface area contributed by atoms with E-state index >= 15 is 0 Å². The highest BCUT2D eigenvalue weighted by Crippen LogP contribution is 2.30. The molecule has 1 aliphatic heterocycles. The summed E-state index contributed by atoms with van der Waals surface area (Å²) < 4.78 is 24.0. The fraction of sp³-hybridized carbons (Fsp3) is 0.278. The molecule has 1 amide bonds. The van der Waals surface area contributed by atoms with Crippen LogP contribution in [0.25, 0.3) is 0 Å². The van der Waals surface area contributed by atoms with E-state index in [1.165, 1.54) is 12.1 Å². The zero-order chi connectivity index (χ0) is 16.1. The van der Waals surface area contributed by atoms with Crippen molar-refractivity contribution in [2.45, 2.75) is 19.4 Å². The number of fused-ring (bicyclic) bond motifs is 1. The van der Waals surface area contributed by atoms with E-state index in [0.29, 0.717) is 38.3 Å². The van der Waals surface area contributed by atoms with Crippen LogP contribution >= 0.6 is 0 Å². The molecule has 0 bridgehead atoms. The van der Waals surface area contributed by atoms with E-state index in [2.05, 4.69) is 5.32 Å². The number of carbonyl (C=O) groups is 1. The van der Waals surface area contributed by atoms with Crippen LogP contribution in [-0.2, 0) is 17.8 Å². The van der Waals surface area contributed by atoms with Gasteiger partial charge in [-0.05, 0) is 41.8 Å². The van der Waals surface area contributed by atoms with E-state index < -0.39 is 0 Å². The van der Waals surface area contributed by atoms with Crippen molar-refractivity contribution in [2.75, 3.05) is 13.2 Å². The number of amides is 1. The first-order valence-electron chi connectivity index (χ1n) is 7.60. The summed E-state index contributed by atoms with van der Waals surface area (Å²) in [5, 5.41) is 2.86. The van der Waals surface area contributed by atoms with E-state index in [4.69, 9.17) is 9.47 Å². The summed E-state index contributed by atoms with van der Waals surface area (Å²) in [6.45, 7) is 1.53. The minimum Gasteiger partial charge on any atom is -0.486 e. The third-order valence-electron chi connectivity index (χ3n) is 3.63. The SMILES string of the molecule is O=C(CCc1cccc(F)c1)NCc1ccc2c(c1)OCCO2. The molecule has 0 spiro atoms. The van der Waals surface area contributed by atoms with Crippen molar-refractivity contribution in [1.29, 1.82) is 0 Å². The molecule has 0 radical (unpaired) electrons. The van der Waals surface area contributed by atoms with Crippen molar-refractivity contribution < 1.29 is 18.7 Å². The van der Waals surface area contributed by atoms with E-state index in [1.54, 1.807) is 6.07 Å². The number of nitrogens with one attached hydrogen (secondary N) is 1. The highest BCUT2D eigenvalue weighted by Gasteiger charge is 2.12. The number of rotatable bonds is 5. The molecule has 23 heavy (non-hydrogen) atoms. The first kappa shape index (κ1) is 15.3. The van der Waals surface area contributed by atoms with E-state index in [1.807, 2.05) is 24.3 Å². The van der Waals surface area contributed by atoms with Crippen LogP contribution in [0.5, 0.6) is 11.5 Å². The van der Waals surface area contributed by atoms with Gasteiger partial charge in [-0.3, -0.25) is 4.79 Å². The number of aryl methyl sites for hydroxylation is 1. The summed E-state index contributed by atoms with van der Waals surface area (Å²) in [6.07, 6.45) is 0.846. The third-order valence-corrected chi connectivity index (χ3v) is 3.63. The van der Waals surface area contributed by atoms with Gasteiger partial charge in [0.1, 0.15) is 19.0 Å². The van der Waals surface area contributed by atoms with Gasteiger partial charge in [-0.15, -0.1) is 0 Å². The lowest BCUT2D eigenvalue weighted by Gasteiger charge is -2.19. The molecule has 4 nitrogen and oxygen atoms in total. The summed E-state index contributed by atoms with van der Waals surface area (Å²) in [7, 11) is 0. The Morgan fingerprint density at radius 2 is 1.87 bits per heavy atom. The lowest BCUT2D eigenvalue weighted by molar-refractivity contribution is -0.121. The van der Waals surface area contributed by atoms with Crippen LogP contribution < -0.4 is 14.8 Å². The molecule has 1 aliphatic rings. The van der Waals surface area contributed by atoms with Gasteiger partial charge < -0.3 is 14.8 Å². The van der Waals surface area contributed by atoms with Gasteiger partial charge in [-0.2, -0.15) is 0 Å². The van der Waals surface area contributed by atoms with Crippen LogP contribution in [0.4, 0.5) is 4.39 Å². The number of hydrogen-bond acceptors (Lipinski definition) is 3. The summed E-state index contributed by atoms with van der Waals surface area (Å²) >= 11 is 0. The minimum atomic E-state index is -0.279. The molecule has 0 aliphatic carbocycles. The molecule has 0 saturated carbocycles. The lowest BCUT2D eigenvalue weighted by atomic mass is 10.1. The van der Waals surface area contributed by atoms with Crippen LogP contribution in [0.15, 0.2) is 42.5 Å². The van der Waals surface area contributed by atoms with Gasteiger partial charge in [0.05, 0.1) is 0 Å². The Hall–Kier alpha value is -2.56. The highest BCUT2D eigenvalue weighted by molar-refractivity contribution is 5.76. The van der Waals surface area contributed by atoms with Crippen molar-refractivity contribution >= 4 is 5.91 Å². The highest BCUT2D eigenvalue weighted by atomic mass is 19.1. The van der Waals surface area contributed by atoms with E-state index in [0.717, 1.165) is 16.9 Å². The Morgan fingerprint density at radius 1 is 1.04 bits per heavy atom. The molecule has 3 rings (SSSR count). The first-order chi connectivity index (χ1) is 11.2. The standard InChI is InChI=1S/C18H18FNO3/c19-15-3-1-2-13(10-15)5-7-18(21)20-12-14-4-6-16-17(11-14)23-9-8-22-16/h1-4,6,10-11H,5,7-9,12H2,(H,20,21). The Kier molecular flexibility index (Phi) is 4.76. The van der Waals surface area contributed by atoms with Crippen molar-refractivity contribution in [3.8, 4) is 11.5 Å². The van der Waals surface area contributed by atoms with Crippen LogP contribution in [-0.4, -0.2) is 19.1 Å². The number of carbonyl (C=O) groups excluding carboxylic acids is 1. The molecule has 0 atom stereocenters. The van der Waals surface area contributed by atoms with Gasteiger partial charge in [-0.1, -0.05) is 18.2 Å². The minimum absolute atomic E-state index is 0.0656. The maximum absolute atomic E-state index is 13.1. The Balaban J connectivity index is 1.49. The Morgan fingerprint density at radius 3 is 2.70 bits per heavy atom. The quantitative estimate of drug-likeness (QED) is 0.923. The number of hydrogen-bond donors (Lipinski definition) is 1. The van der Waals surface area contributed by atoms with Crippen molar-refractivity contribution in [3.63, 3.8) is 0 Å².